The Morgan fingerprint density at radius 2 is 2.12 bits per heavy atom. The Hall–Kier alpha value is -1.59. The SMILES string of the molecule is CC(O)Cn1c(-c2ccc(Cl)cc2)n[nH]c1=O. The molecule has 0 spiro atoms. The van der Waals surface area contributed by atoms with Gasteiger partial charge in [0.05, 0.1) is 12.6 Å². The zero-order chi connectivity index (χ0) is 12.4. The van der Waals surface area contributed by atoms with Gasteiger partial charge in [0, 0.05) is 10.6 Å². The van der Waals surface area contributed by atoms with Gasteiger partial charge in [-0.1, -0.05) is 11.6 Å². The van der Waals surface area contributed by atoms with E-state index in [1.54, 1.807) is 31.2 Å². The Kier molecular flexibility index (Phi) is 3.31. The normalized spacial score (nSPS) is 12.6. The van der Waals surface area contributed by atoms with E-state index in [0.717, 1.165) is 5.56 Å². The molecule has 0 saturated carbocycles. The van der Waals surface area contributed by atoms with Crippen LogP contribution < -0.4 is 5.69 Å². The largest absolute Gasteiger partial charge is 0.392 e. The van der Waals surface area contributed by atoms with Gasteiger partial charge in [0.25, 0.3) is 0 Å². The molecule has 1 unspecified atom stereocenters. The van der Waals surface area contributed by atoms with Crippen LogP contribution in [0.15, 0.2) is 29.1 Å². The molecule has 0 bridgehead atoms. The van der Waals surface area contributed by atoms with Gasteiger partial charge < -0.3 is 5.11 Å². The highest BCUT2D eigenvalue weighted by atomic mass is 35.5. The number of hydrogen-bond acceptors (Lipinski definition) is 3. The number of rotatable bonds is 3. The first-order valence-corrected chi connectivity index (χ1v) is 5.55. The van der Waals surface area contributed by atoms with Crippen molar-refractivity contribution in [1.29, 1.82) is 0 Å². The molecule has 90 valence electrons. The van der Waals surface area contributed by atoms with Crippen LogP contribution in [-0.2, 0) is 6.54 Å². The van der Waals surface area contributed by atoms with E-state index < -0.39 is 6.10 Å². The van der Waals surface area contributed by atoms with Crippen LogP contribution in [0, 0.1) is 0 Å². The summed E-state index contributed by atoms with van der Waals surface area (Å²) >= 11 is 5.79. The van der Waals surface area contributed by atoms with E-state index in [4.69, 9.17) is 11.6 Å². The van der Waals surface area contributed by atoms with Crippen LogP contribution in [-0.4, -0.2) is 26.0 Å². The van der Waals surface area contributed by atoms with E-state index in [0.29, 0.717) is 10.8 Å². The summed E-state index contributed by atoms with van der Waals surface area (Å²) in [5.41, 5.74) is 0.434. The second-order valence-electron chi connectivity index (χ2n) is 3.82. The third-order valence-electron chi connectivity index (χ3n) is 2.31. The molecule has 2 rings (SSSR count). The van der Waals surface area contributed by atoms with Crippen LogP contribution in [0.3, 0.4) is 0 Å². The first-order valence-electron chi connectivity index (χ1n) is 5.17. The van der Waals surface area contributed by atoms with Crippen molar-refractivity contribution in [1.82, 2.24) is 14.8 Å². The zero-order valence-corrected chi connectivity index (χ0v) is 9.98. The lowest BCUT2D eigenvalue weighted by Crippen LogP contribution is -2.23. The number of aliphatic hydroxyl groups excluding tert-OH is 1. The first-order chi connectivity index (χ1) is 8.08. The maximum absolute atomic E-state index is 11.5. The molecule has 0 aliphatic rings. The Labute approximate surface area is 103 Å². The van der Waals surface area contributed by atoms with Crippen molar-refractivity contribution in [3.8, 4) is 11.4 Å². The summed E-state index contributed by atoms with van der Waals surface area (Å²) in [5, 5.41) is 16.3. The molecule has 0 radical (unpaired) electrons. The maximum Gasteiger partial charge on any atom is 0.343 e. The standard InChI is InChI=1S/C11H12ClN3O2/c1-7(16)6-15-10(13-14-11(15)17)8-2-4-9(12)5-3-8/h2-5,7,16H,6H2,1H3,(H,14,17). The average Bonchev–Trinajstić information content (AvgIpc) is 2.61. The molecule has 1 aromatic carbocycles. The lowest BCUT2D eigenvalue weighted by Gasteiger charge is -2.07. The molecule has 0 aliphatic heterocycles. The highest BCUT2D eigenvalue weighted by molar-refractivity contribution is 6.30. The topological polar surface area (TPSA) is 70.9 Å². The number of aliphatic hydroxyl groups is 1. The van der Waals surface area contributed by atoms with E-state index in [1.165, 1.54) is 4.57 Å². The summed E-state index contributed by atoms with van der Waals surface area (Å²) in [6, 6.07) is 7.00. The molecule has 17 heavy (non-hydrogen) atoms. The third-order valence-corrected chi connectivity index (χ3v) is 2.56. The number of aromatic amines is 1. The molecule has 1 aromatic heterocycles. The fraction of sp³-hybridized carbons (Fsp3) is 0.273. The summed E-state index contributed by atoms with van der Waals surface area (Å²) in [6.07, 6.45) is -0.614. The summed E-state index contributed by atoms with van der Waals surface area (Å²) in [6.45, 7) is 1.82. The molecule has 6 heteroatoms. The Morgan fingerprint density at radius 1 is 1.47 bits per heavy atom. The quantitative estimate of drug-likeness (QED) is 0.866. The fourth-order valence-electron chi connectivity index (χ4n) is 1.57. The molecule has 0 amide bonds. The monoisotopic (exact) mass is 253 g/mol. The van der Waals surface area contributed by atoms with E-state index in [1.807, 2.05) is 0 Å². The number of nitrogens with one attached hydrogen (secondary N) is 1. The van der Waals surface area contributed by atoms with E-state index in [-0.39, 0.29) is 12.2 Å². The van der Waals surface area contributed by atoms with Crippen molar-refractivity contribution < 1.29 is 5.11 Å². The van der Waals surface area contributed by atoms with Gasteiger partial charge in [-0.2, -0.15) is 5.10 Å². The fourth-order valence-corrected chi connectivity index (χ4v) is 1.70. The number of hydrogen-bond donors (Lipinski definition) is 2. The minimum atomic E-state index is -0.614. The number of benzene rings is 1. The van der Waals surface area contributed by atoms with Crippen LogP contribution in [0.5, 0.6) is 0 Å². The number of H-pyrrole nitrogens is 1. The van der Waals surface area contributed by atoms with Gasteiger partial charge in [-0.15, -0.1) is 0 Å². The van der Waals surface area contributed by atoms with Crippen molar-refractivity contribution >= 4 is 11.6 Å². The first kappa shape index (κ1) is 11.9. The van der Waals surface area contributed by atoms with Gasteiger partial charge in [0.2, 0.25) is 0 Å². The highest BCUT2D eigenvalue weighted by Gasteiger charge is 2.11. The highest BCUT2D eigenvalue weighted by Crippen LogP contribution is 2.18. The molecule has 0 aliphatic carbocycles. The van der Waals surface area contributed by atoms with Crippen LogP contribution >= 0.6 is 11.6 Å². The molecule has 5 nitrogen and oxygen atoms in total. The molecule has 0 saturated heterocycles. The van der Waals surface area contributed by atoms with Crippen molar-refractivity contribution in [2.24, 2.45) is 0 Å². The van der Waals surface area contributed by atoms with E-state index in [9.17, 15) is 9.90 Å². The second kappa shape index (κ2) is 4.73. The van der Waals surface area contributed by atoms with Gasteiger partial charge in [0.15, 0.2) is 5.82 Å². The molecule has 0 fully saturated rings. The van der Waals surface area contributed by atoms with Gasteiger partial charge in [-0.25, -0.2) is 9.89 Å². The third kappa shape index (κ3) is 2.57. The molecule has 1 atom stereocenters. The minimum absolute atomic E-state index is 0.202. The molecular formula is C11H12ClN3O2. The van der Waals surface area contributed by atoms with Gasteiger partial charge in [0.1, 0.15) is 0 Å². The zero-order valence-electron chi connectivity index (χ0n) is 9.22. The van der Waals surface area contributed by atoms with E-state index >= 15 is 0 Å². The molecule has 1 heterocycles. The lowest BCUT2D eigenvalue weighted by molar-refractivity contribution is 0.173. The van der Waals surface area contributed by atoms with E-state index in [2.05, 4.69) is 10.2 Å². The summed E-state index contributed by atoms with van der Waals surface area (Å²) in [5.74, 6) is 0.493. The van der Waals surface area contributed by atoms with Gasteiger partial charge in [-0.05, 0) is 31.2 Å². The molecular weight excluding hydrogens is 242 g/mol. The van der Waals surface area contributed by atoms with Crippen LogP contribution in [0.2, 0.25) is 5.02 Å². The maximum atomic E-state index is 11.5. The van der Waals surface area contributed by atoms with Crippen molar-refractivity contribution in [2.75, 3.05) is 0 Å². The van der Waals surface area contributed by atoms with Gasteiger partial charge in [-0.3, -0.25) is 4.57 Å². The minimum Gasteiger partial charge on any atom is -0.392 e. The van der Waals surface area contributed by atoms with Crippen LogP contribution in [0.4, 0.5) is 0 Å². The van der Waals surface area contributed by atoms with Crippen molar-refractivity contribution in [3.05, 3.63) is 39.8 Å². The predicted octanol–water partition coefficient (Wildman–Crippen LogP) is 1.27. The van der Waals surface area contributed by atoms with Crippen molar-refractivity contribution in [2.45, 2.75) is 19.6 Å². The number of aromatic nitrogens is 3. The molecule has 2 N–H and O–H groups in total. The second-order valence-corrected chi connectivity index (χ2v) is 4.26. The Morgan fingerprint density at radius 3 is 2.71 bits per heavy atom. The average molecular weight is 254 g/mol. The Balaban J connectivity index is 2.45. The summed E-state index contributed by atoms with van der Waals surface area (Å²) < 4.78 is 1.40. The lowest BCUT2D eigenvalue weighted by atomic mass is 10.2. The van der Waals surface area contributed by atoms with Crippen molar-refractivity contribution in [3.63, 3.8) is 0 Å². The smallest absolute Gasteiger partial charge is 0.343 e. The summed E-state index contributed by atoms with van der Waals surface area (Å²) in [4.78, 5) is 11.5. The predicted molar refractivity (Wildman–Crippen MR) is 65.0 cm³/mol. The van der Waals surface area contributed by atoms with Gasteiger partial charge >= 0.3 is 5.69 Å². The van der Waals surface area contributed by atoms with Crippen LogP contribution in [0.25, 0.3) is 11.4 Å². The molecule has 2 aromatic rings. The number of halogens is 1. The number of nitrogens with zero attached hydrogens (tertiary/aromatic N) is 2. The van der Waals surface area contributed by atoms with Crippen LogP contribution in [0.1, 0.15) is 6.92 Å². The summed E-state index contributed by atoms with van der Waals surface area (Å²) in [7, 11) is 0. The Bertz CT molecular complexity index is 557.